The molecule has 0 aliphatic heterocycles. The van der Waals surface area contributed by atoms with Crippen molar-refractivity contribution >= 4 is 17.0 Å². The molecule has 1 aromatic carbocycles. The van der Waals surface area contributed by atoms with Crippen molar-refractivity contribution in [3.05, 3.63) is 48.3 Å². The molecule has 5 nitrogen and oxygen atoms in total. The van der Waals surface area contributed by atoms with E-state index in [0.29, 0.717) is 10.9 Å². The molecule has 0 fully saturated rings. The summed E-state index contributed by atoms with van der Waals surface area (Å²) in [4.78, 5) is 15.8. The van der Waals surface area contributed by atoms with E-state index in [1.165, 1.54) is 34.9 Å². The van der Waals surface area contributed by atoms with Crippen molar-refractivity contribution in [2.45, 2.75) is 26.4 Å². The van der Waals surface area contributed by atoms with Gasteiger partial charge in [-0.05, 0) is 57.2 Å². The minimum absolute atomic E-state index is 0.00177. The smallest absolute Gasteiger partial charge is 0.419 e. The summed E-state index contributed by atoms with van der Waals surface area (Å²) < 4.78 is 33.8. The van der Waals surface area contributed by atoms with Gasteiger partial charge in [-0.1, -0.05) is 0 Å². The fourth-order valence-corrected chi connectivity index (χ4v) is 2.51. The maximum absolute atomic E-state index is 14.2. The van der Waals surface area contributed by atoms with E-state index in [2.05, 4.69) is 4.98 Å². The van der Waals surface area contributed by atoms with Gasteiger partial charge in [0.25, 0.3) is 0 Å². The molecule has 0 aliphatic rings. The lowest BCUT2D eigenvalue weighted by Gasteiger charge is -2.21. The van der Waals surface area contributed by atoms with Crippen molar-refractivity contribution < 1.29 is 23.4 Å². The van der Waals surface area contributed by atoms with Gasteiger partial charge in [-0.2, -0.15) is 13.8 Å². The summed E-state index contributed by atoms with van der Waals surface area (Å²) in [6.45, 7) is 5.13. The van der Waals surface area contributed by atoms with E-state index >= 15 is 0 Å². The number of nitrogens with zero attached hydrogens (tertiary/aromatic N) is 2. The molecule has 0 saturated heterocycles. The molecule has 0 saturated carbocycles. The Morgan fingerprint density at radius 1 is 1.16 bits per heavy atom. The highest BCUT2D eigenvalue weighted by molar-refractivity contribution is 5.96. The minimum atomic E-state index is -1.04. The number of pyridine rings is 1. The summed E-state index contributed by atoms with van der Waals surface area (Å²) in [5.41, 5.74) is -0.241. The lowest BCUT2D eigenvalue weighted by Crippen LogP contribution is -2.27. The quantitative estimate of drug-likeness (QED) is 0.660. The van der Waals surface area contributed by atoms with Crippen LogP contribution in [0.4, 0.5) is 13.6 Å². The highest BCUT2D eigenvalue weighted by atomic mass is 19.1. The van der Waals surface area contributed by atoms with Gasteiger partial charge in [0, 0.05) is 5.39 Å². The maximum Gasteiger partial charge on any atom is 0.419 e. The summed E-state index contributed by atoms with van der Waals surface area (Å²) in [5.74, 6) is -2.01. The molecule has 0 amide bonds. The maximum atomic E-state index is 14.2. The third-order valence-electron chi connectivity index (χ3n) is 3.45. The number of phenolic OH excluding ortho intramolecular Hbond substituents is 1. The number of phenols is 1. The Morgan fingerprint density at radius 3 is 2.52 bits per heavy atom. The molecule has 3 rings (SSSR count). The molecule has 0 spiro atoms. The largest absolute Gasteiger partial charge is 0.508 e. The highest BCUT2D eigenvalue weighted by Crippen LogP contribution is 2.32. The first-order valence-corrected chi connectivity index (χ1v) is 7.56. The molecule has 0 bridgehead atoms. The second-order valence-electron chi connectivity index (χ2n) is 6.56. The van der Waals surface area contributed by atoms with Gasteiger partial charge in [-0.3, -0.25) is 0 Å². The zero-order chi connectivity index (χ0) is 18.4. The average Bonchev–Trinajstić information content (AvgIpc) is 2.83. The van der Waals surface area contributed by atoms with Crippen LogP contribution in [0.25, 0.3) is 22.2 Å². The average molecular weight is 346 g/mol. The van der Waals surface area contributed by atoms with Crippen LogP contribution in [0, 0.1) is 11.9 Å². The number of fused-ring (bicyclic) bond motifs is 1. The number of hydrogen-bond donors (Lipinski definition) is 1. The number of halogens is 2. The number of benzene rings is 1. The van der Waals surface area contributed by atoms with Crippen molar-refractivity contribution in [2.24, 2.45) is 0 Å². The van der Waals surface area contributed by atoms with Crippen molar-refractivity contribution in [3.8, 4) is 17.0 Å². The Morgan fingerprint density at radius 2 is 1.88 bits per heavy atom. The fourth-order valence-electron chi connectivity index (χ4n) is 2.51. The Labute approximate surface area is 142 Å². The molecule has 0 atom stereocenters. The zero-order valence-corrected chi connectivity index (χ0v) is 13.9. The molecule has 130 valence electrons. The Kier molecular flexibility index (Phi) is 3.94. The first-order chi connectivity index (χ1) is 11.7. The van der Waals surface area contributed by atoms with Gasteiger partial charge in [0.15, 0.2) is 0 Å². The van der Waals surface area contributed by atoms with Gasteiger partial charge in [0.05, 0.1) is 16.8 Å². The van der Waals surface area contributed by atoms with E-state index in [0.717, 1.165) is 6.07 Å². The predicted molar refractivity (Wildman–Crippen MR) is 88.4 cm³/mol. The van der Waals surface area contributed by atoms with Gasteiger partial charge < -0.3 is 9.84 Å². The van der Waals surface area contributed by atoms with Crippen LogP contribution in [-0.4, -0.2) is 26.4 Å². The first-order valence-electron chi connectivity index (χ1n) is 7.56. The van der Waals surface area contributed by atoms with Gasteiger partial charge in [-0.15, -0.1) is 0 Å². The number of carbonyl (C=O) groups is 1. The molecule has 0 radical (unpaired) electrons. The van der Waals surface area contributed by atoms with Crippen LogP contribution in [0.1, 0.15) is 20.8 Å². The van der Waals surface area contributed by atoms with Crippen LogP contribution < -0.4 is 0 Å². The topological polar surface area (TPSA) is 64.4 Å². The number of aromatic nitrogens is 2. The van der Waals surface area contributed by atoms with Crippen molar-refractivity contribution in [1.82, 2.24) is 9.55 Å². The molecule has 1 N–H and O–H groups in total. The lowest BCUT2D eigenvalue weighted by atomic mass is 10.2. The molecule has 2 heterocycles. The Balaban J connectivity index is 2.26. The molecular formula is C18H16F2N2O3. The number of ether oxygens (including phenoxy) is 1. The van der Waals surface area contributed by atoms with E-state index in [4.69, 9.17) is 4.74 Å². The van der Waals surface area contributed by atoms with E-state index in [-0.39, 0.29) is 17.0 Å². The number of rotatable bonds is 1. The third kappa shape index (κ3) is 3.31. The predicted octanol–water partition coefficient (Wildman–Crippen LogP) is 4.47. The summed E-state index contributed by atoms with van der Waals surface area (Å²) in [6.07, 6.45) is -0.716. The van der Waals surface area contributed by atoms with Crippen molar-refractivity contribution in [1.29, 1.82) is 0 Å². The van der Waals surface area contributed by atoms with Crippen LogP contribution in [0.2, 0.25) is 0 Å². The summed E-state index contributed by atoms with van der Waals surface area (Å²) in [5, 5.41) is 10.2. The number of hydrogen-bond acceptors (Lipinski definition) is 4. The molecule has 0 aliphatic carbocycles. The molecule has 7 heteroatoms. The lowest BCUT2D eigenvalue weighted by molar-refractivity contribution is 0.0547. The fraction of sp³-hybridized carbons (Fsp3) is 0.222. The number of aromatic hydroxyl groups is 1. The minimum Gasteiger partial charge on any atom is -0.508 e. The second kappa shape index (κ2) is 5.84. The molecule has 0 unspecified atom stereocenters. The second-order valence-corrected chi connectivity index (χ2v) is 6.56. The monoisotopic (exact) mass is 346 g/mol. The van der Waals surface area contributed by atoms with Gasteiger partial charge in [0.2, 0.25) is 11.9 Å². The van der Waals surface area contributed by atoms with Crippen LogP contribution in [0.3, 0.4) is 0 Å². The summed E-state index contributed by atoms with van der Waals surface area (Å²) >= 11 is 0. The van der Waals surface area contributed by atoms with Crippen LogP contribution in [0.5, 0.6) is 5.75 Å². The van der Waals surface area contributed by atoms with Gasteiger partial charge in [-0.25, -0.2) is 9.36 Å². The first kappa shape index (κ1) is 16.9. The summed E-state index contributed by atoms with van der Waals surface area (Å²) in [7, 11) is 0. The molecule has 2 aromatic heterocycles. The van der Waals surface area contributed by atoms with Gasteiger partial charge in [0.1, 0.15) is 11.4 Å². The normalized spacial score (nSPS) is 11.7. The standard InChI is InChI=1S/C18H16F2N2O3/c1-18(2,3)25-17(24)22-13-6-4-11(23)8-10(13)9-14(22)12-5-7-15(19)21-16(12)20/h4-9,23H,1-3H3. The van der Waals surface area contributed by atoms with Crippen LogP contribution in [0.15, 0.2) is 36.4 Å². The van der Waals surface area contributed by atoms with E-state index in [9.17, 15) is 18.7 Å². The number of carbonyl (C=O) groups excluding carboxylic acids is 1. The van der Waals surface area contributed by atoms with Crippen molar-refractivity contribution in [2.75, 3.05) is 0 Å². The Hall–Kier alpha value is -2.96. The Bertz CT molecular complexity index is 974. The molecule has 3 aromatic rings. The van der Waals surface area contributed by atoms with Crippen LogP contribution >= 0.6 is 0 Å². The molecular weight excluding hydrogens is 330 g/mol. The van der Waals surface area contributed by atoms with Crippen LogP contribution in [-0.2, 0) is 4.74 Å². The summed E-state index contributed by atoms with van der Waals surface area (Å²) in [6, 6.07) is 8.09. The van der Waals surface area contributed by atoms with E-state index in [1.807, 2.05) is 0 Å². The van der Waals surface area contributed by atoms with Crippen molar-refractivity contribution in [3.63, 3.8) is 0 Å². The molecule has 25 heavy (non-hydrogen) atoms. The SMILES string of the molecule is CC(C)(C)OC(=O)n1c(-c2ccc(F)nc2F)cc2cc(O)ccc21. The zero-order valence-electron chi connectivity index (χ0n) is 13.9. The van der Waals surface area contributed by atoms with Gasteiger partial charge >= 0.3 is 6.09 Å². The van der Waals surface area contributed by atoms with E-state index in [1.54, 1.807) is 20.8 Å². The highest BCUT2D eigenvalue weighted by Gasteiger charge is 2.24. The third-order valence-corrected chi connectivity index (χ3v) is 3.45. The van der Waals surface area contributed by atoms with E-state index < -0.39 is 23.6 Å².